The summed E-state index contributed by atoms with van der Waals surface area (Å²) in [5.74, 6) is 0.709. The van der Waals surface area contributed by atoms with E-state index in [1.54, 1.807) is 16.4 Å². The number of hydrogen-bond acceptors (Lipinski definition) is 9. The summed E-state index contributed by atoms with van der Waals surface area (Å²) in [6.45, 7) is 6.08. The van der Waals surface area contributed by atoms with E-state index in [2.05, 4.69) is 30.6 Å². The summed E-state index contributed by atoms with van der Waals surface area (Å²) in [4.78, 5) is 32.0. The molecule has 4 aromatic rings. The number of aromatic amines is 1. The largest absolute Gasteiger partial charge is 0.301 e. The maximum Gasteiger partial charge on any atom is 0.262 e. The highest BCUT2D eigenvalue weighted by molar-refractivity contribution is 8.01. The average molecular weight is 474 g/mol. The molecule has 0 aliphatic rings. The van der Waals surface area contributed by atoms with Gasteiger partial charge in [0.2, 0.25) is 11.0 Å². The summed E-state index contributed by atoms with van der Waals surface area (Å²) in [5.41, 5.74) is 3.26. The normalized spacial score (nSPS) is 11.2. The van der Waals surface area contributed by atoms with E-state index in [9.17, 15) is 9.59 Å². The van der Waals surface area contributed by atoms with Crippen LogP contribution >= 0.6 is 34.9 Å². The molecule has 0 saturated carbocycles. The lowest BCUT2D eigenvalue weighted by Crippen LogP contribution is -2.15. The Kier molecular flexibility index (Phi) is 6.39. The van der Waals surface area contributed by atoms with Crippen molar-refractivity contribution >= 4 is 56.9 Å². The van der Waals surface area contributed by atoms with Gasteiger partial charge in [-0.2, -0.15) is 5.10 Å². The molecule has 0 aliphatic heterocycles. The van der Waals surface area contributed by atoms with Gasteiger partial charge in [0, 0.05) is 0 Å². The monoisotopic (exact) mass is 473 g/mol. The summed E-state index contributed by atoms with van der Waals surface area (Å²) in [7, 11) is 0. The zero-order valence-corrected chi connectivity index (χ0v) is 19.5. The first kappa shape index (κ1) is 21.5. The van der Waals surface area contributed by atoms with Gasteiger partial charge in [-0.3, -0.25) is 14.9 Å². The molecule has 1 amide bonds. The van der Waals surface area contributed by atoms with E-state index < -0.39 is 0 Å². The molecular weight excluding hydrogens is 454 g/mol. The fourth-order valence-electron chi connectivity index (χ4n) is 2.74. The van der Waals surface area contributed by atoms with Crippen molar-refractivity contribution in [2.24, 2.45) is 0 Å². The van der Waals surface area contributed by atoms with Crippen LogP contribution in [0, 0.1) is 13.8 Å². The second-order valence-electron chi connectivity index (χ2n) is 6.58. The lowest BCUT2D eigenvalue weighted by molar-refractivity contribution is -0.113. The number of nitrogens with one attached hydrogen (secondary N) is 2. The average Bonchev–Trinajstić information content (AvgIpc) is 3.36. The predicted octanol–water partition coefficient (Wildman–Crippen LogP) is 3.42. The van der Waals surface area contributed by atoms with Crippen molar-refractivity contribution < 1.29 is 4.79 Å². The topological polar surface area (TPSA) is 118 Å². The quantitative estimate of drug-likeness (QED) is 0.238. The first-order valence-corrected chi connectivity index (χ1v) is 12.2. The van der Waals surface area contributed by atoms with Crippen molar-refractivity contribution in [2.45, 2.75) is 30.3 Å². The Morgan fingerprint density at radius 3 is 2.84 bits per heavy atom. The zero-order chi connectivity index (χ0) is 22.0. The number of nitrogens with zero attached hydrogens (tertiary/aromatic N) is 5. The molecule has 9 nitrogen and oxygen atoms in total. The Bertz CT molecular complexity index is 1310. The molecule has 3 aromatic heterocycles. The number of rotatable bonds is 7. The van der Waals surface area contributed by atoms with Crippen LogP contribution in [0.3, 0.4) is 0 Å². The molecule has 3 heterocycles. The van der Waals surface area contributed by atoms with Gasteiger partial charge < -0.3 is 4.98 Å². The zero-order valence-electron chi connectivity index (χ0n) is 17.0. The predicted molar refractivity (Wildman–Crippen MR) is 125 cm³/mol. The van der Waals surface area contributed by atoms with E-state index in [1.807, 2.05) is 39.0 Å². The number of carbonyl (C=O) groups is 1. The summed E-state index contributed by atoms with van der Waals surface area (Å²) >= 11 is 4.04. The van der Waals surface area contributed by atoms with Gasteiger partial charge >= 0.3 is 0 Å². The van der Waals surface area contributed by atoms with E-state index in [0.717, 1.165) is 33.1 Å². The number of fused-ring (bicyclic) bond motifs is 1. The van der Waals surface area contributed by atoms with Gasteiger partial charge in [0.15, 0.2) is 15.1 Å². The summed E-state index contributed by atoms with van der Waals surface area (Å²) < 4.78 is 2.44. The molecule has 0 radical (unpaired) electrons. The van der Waals surface area contributed by atoms with Crippen LogP contribution in [0.25, 0.3) is 16.7 Å². The Balaban J connectivity index is 1.52. The SMILES string of the molecule is CCSc1nnc(NC(=O)CSc2nc3c(cnn3-c3ccc(C)c(C)c3)c(=O)[nH]2)s1. The van der Waals surface area contributed by atoms with Gasteiger partial charge in [0.05, 0.1) is 17.6 Å². The fourth-order valence-corrected chi connectivity index (χ4v) is 5.07. The summed E-state index contributed by atoms with van der Waals surface area (Å²) in [6, 6.07) is 5.94. The van der Waals surface area contributed by atoms with E-state index in [-0.39, 0.29) is 17.2 Å². The number of carbonyl (C=O) groups excluding carboxylic acids is 1. The number of aryl methyl sites for hydroxylation is 2. The minimum absolute atomic E-state index is 0.0715. The molecule has 1 aromatic carbocycles. The van der Waals surface area contributed by atoms with E-state index in [4.69, 9.17) is 0 Å². The third-order valence-corrected chi connectivity index (χ3v) is 7.14. The second kappa shape index (κ2) is 9.20. The number of thioether (sulfide) groups is 2. The van der Waals surface area contributed by atoms with Gasteiger partial charge in [0.25, 0.3) is 5.56 Å². The minimum atomic E-state index is -0.298. The van der Waals surface area contributed by atoms with Crippen LogP contribution in [0.4, 0.5) is 5.13 Å². The number of anilines is 1. The second-order valence-corrected chi connectivity index (χ2v) is 10.0. The molecule has 0 spiro atoms. The molecular formula is C19H19N7O2S3. The third kappa shape index (κ3) is 4.81. The van der Waals surface area contributed by atoms with Gasteiger partial charge in [0.1, 0.15) is 5.39 Å². The maximum absolute atomic E-state index is 12.5. The minimum Gasteiger partial charge on any atom is -0.301 e. The van der Waals surface area contributed by atoms with Crippen LogP contribution in [0.5, 0.6) is 0 Å². The van der Waals surface area contributed by atoms with Gasteiger partial charge in [-0.15, -0.1) is 10.2 Å². The first-order valence-electron chi connectivity index (χ1n) is 9.39. The van der Waals surface area contributed by atoms with Gasteiger partial charge in [-0.05, 0) is 42.9 Å². The molecule has 2 N–H and O–H groups in total. The van der Waals surface area contributed by atoms with E-state index in [1.165, 1.54) is 23.1 Å². The lowest BCUT2D eigenvalue weighted by Gasteiger charge is -2.07. The smallest absolute Gasteiger partial charge is 0.262 e. The Morgan fingerprint density at radius 2 is 2.06 bits per heavy atom. The van der Waals surface area contributed by atoms with Crippen molar-refractivity contribution in [3.8, 4) is 5.69 Å². The Labute approximate surface area is 190 Å². The molecule has 31 heavy (non-hydrogen) atoms. The standard InChI is InChI=1S/C19H19N7O2S3/c1-4-29-19-25-24-18(31-19)21-14(27)9-30-17-22-15-13(16(28)23-17)8-20-26(15)12-6-5-10(2)11(3)7-12/h5-8H,4,9H2,1-3H3,(H,21,24,27)(H,22,23,28). The summed E-state index contributed by atoms with van der Waals surface area (Å²) in [6.07, 6.45) is 1.50. The van der Waals surface area contributed by atoms with Crippen LogP contribution in [-0.4, -0.2) is 47.4 Å². The van der Waals surface area contributed by atoms with Crippen molar-refractivity contribution in [2.75, 3.05) is 16.8 Å². The molecule has 0 saturated heterocycles. The molecule has 0 atom stereocenters. The number of hydrogen-bond donors (Lipinski definition) is 2. The Morgan fingerprint density at radius 1 is 1.23 bits per heavy atom. The van der Waals surface area contributed by atoms with Crippen molar-refractivity contribution in [1.29, 1.82) is 0 Å². The highest BCUT2D eigenvalue weighted by atomic mass is 32.2. The number of H-pyrrole nitrogens is 1. The number of aromatic nitrogens is 6. The first-order chi connectivity index (χ1) is 14.9. The number of amides is 1. The van der Waals surface area contributed by atoms with Crippen molar-refractivity contribution in [3.63, 3.8) is 0 Å². The van der Waals surface area contributed by atoms with Crippen LogP contribution in [-0.2, 0) is 4.79 Å². The van der Waals surface area contributed by atoms with Gasteiger partial charge in [-0.25, -0.2) is 9.67 Å². The molecule has 160 valence electrons. The Hall–Kier alpha value is -2.70. The molecule has 0 aliphatic carbocycles. The summed E-state index contributed by atoms with van der Waals surface area (Å²) in [5, 5.41) is 16.2. The maximum atomic E-state index is 12.5. The molecule has 12 heteroatoms. The molecule has 4 rings (SSSR count). The van der Waals surface area contributed by atoms with Gasteiger partial charge in [-0.1, -0.05) is 47.9 Å². The van der Waals surface area contributed by atoms with Crippen molar-refractivity contribution in [1.82, 2.24) is 29.9 Å². The fraction of sp³-hybridized carbons (Fsp3) is 0.263. The third-order valence-electron chi connectivity index (χ3n) is 4.41. The van der Waals surface area contributed by atoms with Crippen molar-refractivity contribution in [3.05, 3.63) is 45.9 Å². The highest BCUT2D eigenvalue weighted by Gasteiger charge is 2.14. The van der Waals surface area contributed by atoms with Crippen LogP contribution in [0.2, 0.25) is 0 Å². The molecule has 0 bridgehead atoms. The van der Waals surface area contributed by atoms with E-state index >= 15 is 0 Å². The van der Waals surface area contributed by atoms with Crippen LogP contribution < -0.4 is 10.9 Å². The number of benzene rings is 1. The molecule has 0 fully saturated rings. The van der Waals surface area contributed by atoms with Crippen LogP contribution in [0.1, 0.15) is 18.1 Å². The lowest BCUT2D eigenvalue weighted by atomic mass is 10.1. The molecule has 0 unspecified atom stereocenters. The van der Waals surface area contributed by atoms with Crippen LogP contribution in [0.15, 0.2) is 38.7 Å². The van der Waals surface area contributed by atoms with E-state index in [0.29, 0.717) is 21.3 Å². The highest BCUT2D eigenvalue weighted by Crippen LogP contribution is 2.25.